The second-order valence-corrected chi connectivity index (χ2v) is 2.89. The van der Waals surface area contributed by atoms with Gasteiger partial charge in [0.15, 0.2) is 0 Å². The van der Waals surface area contributed by atoms with Crippen molar-refractivity contribution in [2.24, 2.45) is 0 Å². The first-order valence-corrected chi connectivity index (χ1v) is 4.08. The average molecular weight is 170 g/mol. The van der Waals surface area contributed by atoms with Gasteiger partial charge < -0.3 is 5.73 Å². The molecule has 0 bridgehead atoms. The fraction of sp³-hybridized carbons (Fsp3) is 0. The summed E-state index contributed by atoms with van der Waals surface area (Å²) in [6.07, 6.45) is 3.54. The Kier molecular flexibility index (Phi) is 1.74. The molecular formula is C11H10N2. The molecule has 0 unspecified atom stereocenters. The summed E-state index contributed by atoms with van der Waals surface area (Å²) in [7, 11) is 0. The van der Waals surface area contributed by atoms with Crippen molar-refractivity contribution in [1.82, 2.24) is 4.98 Å². The quantitative estimate of drug-likeness (QED) is 0.668. The van der Waals surface area contributed by atoms with E-state index in [1.165, 1.54) is 0 Å². The molecule has 0 aliphatic rings. The maximum Gasteiger partial charge on any atom is 0.0931 e. The van der Waals surface area contributed by atoms with Crippen molar-refractivity contribution in [2.45, 2.75) is 0 Å². The molecule has 0 saturated heterocycles. The Morgan fingerprint density at radius 3 is 3.00 bits per heavy atom. The zero-order chi connectivity index (χ0) is 9.26. The summed E-state index contributed by atoms with van der Waals surface area (Å²) in [6, 6.07) is 7.78. The molecule has 0 amide bonds. The standard InChI is InChI=1S/C11H10N2/c1-2-8-6-9-4-3-5-10(12)11(9)13-7-8/h2-7H,1,12H2. The van der Waals surface area contributed by atoms with Crippen molar-refractivity contribution in [2.75, 3.05) is 5.73 Å². The molecule has 1 aromatic carbocycles. The number of pyridine rings is 1. The topological polar surface area (TPSA) is 38.9 Å². The van der Waals surface area contributed by atoms with Crippen LogP contribution < -0.4 is 5.73 Å². The molecule has 2 heteroatoms. The fourth-order valence-electron chi connectivity index (χ4n) is 1.31. The van der Waals surface area contributed by atoms with Crippen LogP contribution in [0.2, 0.25) is 0 Å². The number of anilines is 1. The third kappa shape index (κ3) is 1.26. The Balaban J connectivity index is 2.79. The fourth-order valence-corrected chi connectivity index (χ4v) is 1.31. The van der Waals surface area contributed by atoms with Gasteiger partial charge in [-0.1, -0.05) is 24.8 Å². The number of nitrogens with zero attached hydrogens (tertiary/aromatic N) is 1. The van der Waals surface area contributed by atoms with E-state index < -0.39 is 0 Å². The maximum atomic E-state index is 5.76. The summed E-state index contributed by atoms with van der Waals surface area (Å²) in [5, 5.41) is 1.05. The first kappa shape index (κ1) is 7.80. The largest absolute Gasteiger partial charge is 0.397 e. The summed E-state index contributed by atoms with van der Waals surface area (Å²) in [4.78, 5) is 4.26. The van der Waals surface area contributed by atoms with Crippen molar-refractivity contribution in [3.8, 4) is 0 Å². The number of para-hydroxylation sites is 1. The molecule has 2 rings (SSSR count). The van der Waals surface area contributed by atoms with Gasteiger partial charge in [-0.15, -0.1) is 0 Å². The number of hydrogen-bond acceptors (Lipinski definition) is 2. The van der Waals surface area contributed by atoms with Crippen LogP contribution in [-0.2, 0) is 0 Å². The van der Waals surface area contributed by atoms with Crippen LogP contribution in [0.4, 0.5) is 5.69 Å². The lowest BCUT2D eigenvalue weighted by molar-refractivity contribution is 1.40. The zero-order valence-corrected chi connectivity index (χ0v) is 7.20. The summed E-state index contributed by atoms with van der Waals surface area (Å²) < 4.78 is 0. The summed E-state index contributed by atoms with van der Waals surface area (Å²) in [5.74, 6) is 0. The second-order valence-electron chi connectivity index (χ2n) is 2.89. The van der Waals surface area contributed by atoms with Gasteiger partial charge in [-0.2, -0.15) is 0 Å². The molecule has 2 aromatic rings. The molecule has 0 aliphatic heterocycles. The Morgan fingerprint density at radius 1 is 1.38 bits per heavy atom. The number of benzene rings is 1. The molecule has 2 nitrogen and oxygen atoms in total. The van der Waals surface area contributed by atoms with Gasteiger partial charge in [0.25, 0.3) is 0 Å². The van der Waals surface area contributed by atoms with E-state index in [4.69, 9.17) is 5.73 Å². The van der Waals surface area contributed by atoms with E-state index >= 15 is 0 Å². The van der Waals surface area contributed by atoms with Crippen LogP contribution in [0.5, 0.6) is 0 Å². The highest BCUT2D eigenvalue weighted by Crippen LogP contribution is 2.19. The lowest BCUT2D eigenvalue weighted by Crippen LogP contribution is -1.89. The molecule has 0 radical (unpaired) electrons. The van der Waals surface area contributed by atoms with Gasteiger partial charge in [0.05, 0.1) is 11.2 Å². The Labute approximate surface area is 76.7 Å². The molecular weight excluding hydrogens is 160 g/mol. The summed E-state index contributed by atoms with van der Waals surface area (Å²) in [5.41, 5.74) is 8.34. The molecule has 0 atom stereocenters. The predicted octanol–water partition coefficient (Wildman–Crippen LogP) is 2.46. The number of rotatable bonds is 1. The van der Waals surface area contributed by atoms with Crippen LogP contribution in [-0.4, -0.2) is 4.98 Å². The molecule has 13 heavy (non-hydrogen) atoms. The molecule has 0 fully saturated rings. The smallest absolute Gasteiger partial charge is 0.0931 e. The van der Waals surface area contributed by atoms with E-state index in [2.05, 4.69) is 11.6 Å². The third-order valence-corrected chi connectivity index (χ3v) is 2.00. The normalized spacial score (nSPS) is 10.2. The molecule has 1 heterocycles. The van der Waals surface area contributed by atoms with Crippen LogP contribution in [0.3, 0.4) is 0 Å². The highest BCUT2D eigenvalue weighted by atomic mass is 14.7. The molecule has 0 saturated carbocycles. The van der Waals surface area contributed by atoms with E-state index in [1.54, 1.807) is 12.3 Å². The highest BCUT2D eigenvalue weighted by molar-refractivity contribution is 5.90. The lowest BCUT2D eigenvalue weighted by Gasteiger charge is -2.00. The van der Waals surface area contributed by atoms with Gasteiger partial charge in [0.1, 0.15) is 0 Å². The van der Waals surface area contributed by atoms with Crippen LogP contribution in [0.15, 0.2) is 37.0 Å². The van der Waals surface area contributed by atoms with Crippen molar-refractivity contribution in [3.63, 3.8) is 0 Å². The minimum atomic E-state index is 0.716. The first-order chi connectivity index (χ1) is 6.31. The van der Waals surface area contributed by atoms with Gasteiger partial charge in [-0.3, -0.25) is 4.98 Å². The van der Waals surface area contributed by atoms with Crippen LogP contribution in [0, 0.1) is 0 Å². The van der Waals surface area contributed by atoms with E-state index in [1.807, 2.05) is 24.3 Å². The van der Waals surface area contributed by atoms with Crippen molar-refractivity contribution >= 4 is 22.7 Å². The van der Waals surface area contributed by atoms with E-state index in [9.17, 15) is 0 Å². The van der Waals surface area contributed by atoms with Gasteiger partial charge in [-0.05, 0) is 17.7 Å². The zero-order valence-electron chi connectivity index (χ0n) is 7.20. The van der Waals surface area contributed by atoms with Crippen LogP contribution in [0.1, 0.15) is 5.56 Å². The number of hydrogen-bond donors (Lipinski definition) is 1. The van der Waals surface area contributed by atoms with E-state index in [0.717, 1.165) is 16.5 Å². The van der Waals surface area contributed by atoms with Crippen molar-refractivity contribution in [3.05, 3.63) is 42.6 Å². The van der Waals surface area contributed by atoms with Gasteiger partial charge in [0.2, 0.25) is 0 Å². The SMILES string of the molecule is C=Cc1cnc2c(N)cccc2c1. The second kappa shape index (κ2) is 2.90. The molecule has 1 aromatic heterocycles. The highest BCUT2D eigenvalue weighted by Gasteiger charge is 1.97. The predicted molar refractivity (Wildman–Crippen MR) is 56.2 cm³/mol. The van der Waals surface area contributed by atoms with Crippen LogP contribution in [0.25, 0.3) is 17.0 Å². The van der Waals surface area contributed by atoms with Crippen molar-refractivity contribution in [1.29, 1.82) is 0 Å². The molecule has 2 N–H and O–H groups in total. The monoisotopic (exact) mass is 170 g/mol. The van der Waals surface area contributed by atoms with Gasteiger partial charge in [-0.25, -0.2) is 0 Å². The molecule has 64 valence electrons. The number of aromatic nitrogens is 1. The molecule has 0 aliphatic carbocycles. The number of fused-ring (bicyclic) bond motifs is 1. The van der Waals surface area contributed by atoms with Crippen molar-refractivity contribution < 1.29 is 0 Å². The average Bonchev–Trinajstić information content (AvgIpc) is 2.18. The van der Waals surface area contributed by atoms with Gasteiger partial charge in [0, 0.05) is 11.6 Å². The Bertz CT molecular complexity index is 461. The summed E-state index contributed by atoms with van der Waals surface area (Å²) >= 11 is 0. The lowest BCUT2D eigenvalue weighted by atomic mass is 10.1. The number of nitrogen functional groups attached to an aromatic ring is 1. The third-order valence-electron chi connectivity index (χ3n) is 2.00. The minimum Gasteiger partial charge on any atom is -0.397 e. The molecule has 0 spiro atoms. The van der Waals surface area contributed by atoms with Crippen LogP contribution >= 0.6 is 0 Å². The number of nitrogens with two attached hydrogens (primary N) is 1. The maximum absolute atomic E-state index is 5.76. The minimum absolute atomic E-state index is 0.716. The Morgan fingerprint density at radius 2 is 2.23 bits per heavy atom. The first-order valence-electron chi connectivity index (χ1n) is 4.08. The van der Waals surface area contributed by atoms with E-state index in [-0.39, 0.29) is 0 Å². The Hall–Kier alpha value is -1.83. The summed E-state index contributed by atoms with van der Waals surface area (Å²) in [6.45, 7) is 3.69. The van der Waals surface area contributed by atoms with Gasteiger partial charge >= 0.3 is 0 Å². The van der Waals surface area contributed by atoms with E-state index in [0.29, 0.717) is 5.69 Å².